The molecule has 1 aromatic carbocycles. The molecule has 2 saturated heterocycles. The van der Waals surface area contributed by atoms with Gasteiger partial charge in [-0.2, -0.15) is 0 Å². The Morgan fingerprint density at radius 3 is 2.17 bits per heavy atom. The number of carbonyl (C=O) groups excluding carboxylic acids is 1. The van der Waals surface area contributed by atoms with Gasteiger partial charge in [0, 0.05) is 25.3 Å². The highest BCUT2D eigenvalue weighted by Crippen LogP contribution is 2.43. The highest BCUT2D eigenvalue weighted by molar-refractivity contribution is 7.89. The van der Waals surface area contributed by atoms with Crippen molar-refractivity contribution in [3.8, 4) is 5.75 Å². The van der Waals surface area contributed by atoms with E-state index in [1.807, 2.05) is 49.9 Å². The molecule has 2 aliphatic rings. The average Bonchev–Trinajstić information content (AvgIpc) is 2.98. The molecular formula is C22H34N2O4S. The molecule has 0 radical (unpaired) electrons. The third-order valence-electron chi connectivity index (χ3n) is 6.19. The molecule has 0 aliphatic carbocycles. The minimum atomic E-state index is -3.23. The van der Waals surface area contributed by atoms with Crippen molar-refractivity contribution in [1.29, 1.82) is 0 Å². The fourth-order valence-corrected chi connectivity index (χ4v) is 6.06. The van der Waals surface area contributed by atoms with E-state index in [1.165, 1.54) is 0 Å². The quantitative estimate of drug-likeness (QED) is 0.672. The van der Waals surface area contributed by atoms with Gasteiger partial charge < -0.3 is 9.64 Å². The van der Waals surface area contributed by atoms with Crippen LogP contribution in [0.1, 0.15) is 53.4 Å². The highest BCUT2D eigenvalue weighted by Gasteiger charge is 2.49. The smallest absolute Gasteiger partial charge is 0.233 e. The Balaban J connectivity index is 1.64. The number of nitrogens with zero attached hydrogens (tertiary/aromatic N) is 2. The molecule has 2 heterocycles. The number of ether oxygens (including phenoxy) is 1. The predicted molar refractivity (Wildman–Crippen MR) is 116 cm³/mol. The molecule has 1 unspecified atom stereocenters. The third kappa shape index (κ3) is 4.77. The first-order valence-corrected chi connectivity index (χ1v) is 12.3. The number of sulfonamides is 1. The van der Waals surface area contributed by atoms with Crippen LogP contribution < -0.4 is 9.64 Å². The zero-order chi connectivity index (χ0) is 21.2. The Hall–Kier alpha value is -1.60. The number of benzene rings is 1. The molecule has 2 fully saturated rings. The molecule has 1 atom stereocenters. The number of carbonyl (C=O) groups is 1. The topological polar surface area (TPSA) is 66.9 Å². The Labute approximate surface area is 175 Å². The van der Waals surface area contributed by atoms with Crippen LogP contribution in [0.15, 0.2) is 24.3 Å². The second-order valence-electron chi connectivity index (χ2n) is 8.89. The second kappa shape index (κ2) is 8.64. The Bertz CT molecular complexity index is 812. The monoisotopic (exact) mass is 422 g/mol. The molecule has 29 heavy (non-hydrogen) atoms. The van der Waals surface area contributed by atoms with Gasteiger partial charge in [0.15, 0.2) is 0 Å². The maximum Gasteiger partial charge on any atom is 0.233 e. The van der Waals surface area contributed by atoms with Crippen LogP contribution in [-0.2, 0) is 14.8 Å². The van der Waals surface area contributed by atoms with E-state index in [2.05, 4.69) is 6.92 Å². The minimum Gasteiger partial charge on any atom is -0.491 e. The van der Waals surface area contributed by atoms with Crippen molar-refractivity contribution in [3.63, 3.8) is 0 Å². The minimum absolute atomic E-state index is 0.103. The number of hydrogen-bond acceptors (Lipinski definition) is 4. The molecule has 3 rings (SSSR count). The van der Waals surface area contributed by atoms with Crippen LogP contribution in [0, 0.1) is 11.3 Å². The molecule has 2 aliphatic heterocycles. The summed E-state index contributed by atoms with van der Waals surface area (Å²) in [4.78, 5) is 15.1. The number of amides is 1. The van der Waals surface area contributed by atoms with Gasteiger partial charge in [0.25, 0.3) is 0 Å². The summed E-state index contributed by atoms with van der Waals surface area (Å²) in [6, 6.07) is 7.72. The molecule has 0 aromatic heterocycles. The van der Waals surface area contributed by atoms with Gasteiger partial charge >= 0.3 is 0 Å². The summed E-state index contributed by atoms with van der Waals surface area (Å²) in [5, 5.41) is 0. The molecule has 0 N–H and O–H groups in total. The lowest BCUT2D eigenvalue weighted by atomic mass is 9.77. The summed E-state index contributed by atoms with van der Waals surface area (Å²) in [5.74, 6) is 1.22. The van der Waals surface area contributed by atoms with E-state index < -0.39 is 15.4 Å². The first kappa shape index (κ1) is 22.1. The lowest BCUT2D eigenvalue weighted by molar-refractivity contribution is -0.127. The molecule has 1 spiro atoms. The largest absolute Gasteiger partial charge is 0.491 e. The zero-order valence-corrected chi connectivity index (χ0v) is 18.9. The number of piperidine rings is 1. The van der Waals surface area contributed by atoms with Crippen molar-refractivity contribution < 1.29 is 17.9 Å². The Kier molecular flexibility index (Phi) is 6.58. The SMILES string of the molecule is CCC(C)Oc1ccc(N2CCC3(CCN(S(=O)(=O)CC(C)C)CC3)C2=O)cc1. The Morgan fingerprint density at radius 2 is 1.62 bits per heavy atom. The van der Waals surface area contributed by atoms with Gasteiger partial charge in [0.2, 0.25) is 15.9 Å². The standard InChI is InChI=1S/C22H34N2O4S/c1-5-18(4)28-20-8-6-19(7-9-20)24-15-12-22(21(24)25)10-13-23(14-11-22)29(26,27)16-17(2)3/h6-9,17-18H,5,10-16H2,1-4H3. The zero-order valence-electron chi connectivity index (χ0n) is 18.1. The van der Waals surface area contributed by atoms with Gasteiger partial charge in [-0.3, -0.25) is 4.79 Å². The molecule has 7 heteroatoms. The van der Waals surface area contributed by atoms with Gasteiger partial charge in [-0.05, 0) is 62.8 Å². The van der Waals surface area contributed by atoms with E-state index >= 15 is 0 Å². The van der Waals surface area contributed by atoms with Crippen molar-refractivity contribution in [2.24, 2.45) is 11.3 Å². The van der Waals surface area contributed by atoms with E-state index in [4.69, 9.17) is 4.74 Å². The van der Waals surface area contributed by atoms with Gasteiger partial charge in [0.05, 0.1) is 17.3 Å². The Morgan fingerprint density at radius 1 is 1.03 bits per heavy atom. The fraction of sp³-hybridized carbons (Fsp3) is 0.682. The van der Waals surface area contributed by atoms with Crippen molar-refractivity contribution in [2.75, 3.05) is 30.3 Å². The summed E-state index contributed by atoms with van der Waals surface area (Å²) >= 11 is 0. The molecule has 0 bridgehead atoms. The van der Waals surface area contributed by atoms with Crippen LogP contribution in [-0.4, -0.2) is 50.1 Å². The number of anilines is 1. The summed E-state index contributed by atoms with van der Waals surface area (Å²) in [5.41, 5.74) is 0.466. The van der Waals surface area contributed by atoms with E-state index in [0.29, 0.717) is 32.5 Å². The fourth-order valence-electron chi connectivity index (χ4n) is 4.27. The second-order valence-corrected chi connectivity index (χ2v) is 10.9. The third-order valence-corrected chi connectivity index (χ3v) is 8.43. The summed E-state index contributed by atoms with van der Waals surface area (Å²) in [6.45, 7) is 9.52. The first-order chi connectivity index (χ1) is 13.7. The highest BCUT2D eigenvalue weighted by atomic mass is 32.2. The van der Waals surface area contributed by atoms with Crippen LogP contribution in [0.4, 0.5) is 5.69 Å². The van der Waals surface area contributed by atoms with Gasteiger partial charge in [-0.15, -0.1) is 0 Å². The van der Waals surface area contributed by atoms with Crippen LogP contribution in [0.25, 0.3) is 0 Å². The summed E-state index contributed by atoms with van der Waals surface area (Å²) < 4.78 is 32.4. The van der Waals surface area contributed by atoms with E-state index in [-0.39, 0.29) is 23.7 Å². The van der Waals surface area contributed by atoms with E-state index in [0.717, 1.165) is 24.3 Å². The maximum absolute atomic E-state index is 13.3. The number of rotatable bonds is 7. The molecule has 6 nitrogen and oxygen atoms in total. The molecule has 0 saturated carbocycles. The van der Waals surface area contributed by atoms with Crippen molar-refractivity contribution in [1.82, 2.24) is 4.31 Å². The van der Waals surface area contributed by atoms with Crippen molar-refractivity contribution in [3.05, 3.63) is 24.3 Å². The average molecular weight is 423 g/mol. The van der Waals surface area contributed by atoms with Gasteiger partial charge in [-0.25, -0.2) is 12.7 Å². The first-order valence-electron chi connectivity index (χ1n) is 10.7. The van der Waals surface area contributed by atoms with Crippen LogP contribution in [0.3, 0.4) is 0 Å². The van der Waals surface area contributed by atoms with Crippen molar-refractivity contribution in [2.45, 2.75) is 59.5 Å². The summed E-state index contributed by atoms with van der Waals surface area (Å²) in [6.07, 6.45) is 3.10. The van der Waals surface area contributed by atoms with E-state index in [1.54, 1.807) is 4.31 Å². The number of hydrogen-bond donors (Lipinski definition) is 0. The molecule has 1 amide bonds. The van der Waals surface area contributed by atoms with Crippen molar-refractivity contribution >= 4 is 21.6 Å². The van der Waals surface area contributed by atoms with Gasteiger partial charge in [-0.1, -0.05) is 20.8 Å². The normalized spacial score (nSPS) is 21.1. The predicted octanol–water partition coefficient (Wildman–Crippen LogP) is 3.67. The lowest BCUT2D eigenvalue weighted by Gasteiger charge is -2.37. The van der Waals surface area contributed by atoms with E-state index in [9.17, 15) is 13.2 Å². The van der Waals surface area contributed by atoms with Crippen LogP contribution >= 0.6 is 0 Å². The lowest BCUT2D eigenvalue weighted by Crippen LogP contribution is -2.47. The maximum atomic E-state index is 13.3. The van der Waals surface area contributed by atoms with Crippen LogP contribution in [0.2, 0.25) is 0 Å². The molecular weight excluding hydrogens is 388 g/mol. The van der Waals surface area contributed by atoms with Crippen LogP contribution in [0.5, 0.6) is 5.75 Å². The molecule has 162 valence electrons. The summed E-state index contributed by atoms with van der Waals surface area (Å²) in [7, 11) is -3.23. The molecule has 1 aromatic rings. The van der Waals surface area contributed by atoms with Gasteiger partial charge in [0.1, 0.15) is 5.75 Å².